The number of aryl methyl sites for hydroxylation is 1. The Hall–Kier alpha value is -6.55. The zero-order valence-electron chi connectivity index (χ0n) is 32.6. The third-order valence-corrected chi connectivity index (χ3v) is 12.6. The molecule has 0 aliphatic heterocycles. The van der Waals surface area contributed by atoms with E-state index in [1.807, 2.05) is 77.5 Å². The molecule has 0 unspecified atom stereocenters. The number of hydrogen-bond acceptors (Lipinski definition) is 2. The predicted octanol–water partition coefficient (Wildman–Crippen LogP) is 11.3. The summed E-state index contributed by atoms with van der Waals surface area (Å²) in [6.45, 7) is -2.36. The summed E-state index contributed by atoms with van der Waals surface area (Å²) in [5.74, 6) is 1.77. The summed E-state index contributed by atoms with van der Waals surface area (Å²) in [5.41, 5.74) is 13.6. The number of ether oxygens (including phenoxy) is 1. The van der Waals surface area contributed by atoms with Crippen LogP contribution in [0.3, 0.4) is 0 Å². The summed E-state index contributed by atoms with van der Waals surface area (Å²) >= 11 is 2.07. The van der Waals surface area contributed by atoms with Crippen LogP contribution in [0.1, 0.15) is 26.4 Å². The van der Waals surface area contributed by atoms with E-state index < -0.39 is 12.4 Å². The third kappa shape index (κ3) is 4.18. The molecule has 268 valence electrons. The van der Waals surface area contributed by atoms with Gasteiger partial charge in [0.05, 0.1) is 5.41 Å². The SMILES string of the molecule is [2H]C([2H])([2H])n1[c](=[Pt])n(-c2[c-]c(Oc3[c-]c4c(cc3)c3cc5c(cc3n4-c3ccccn3)C3(c4ccccc4-c4ccccc43)c3ccccc3-5)ccc2)c2ccccc21. The first-order valence-corrected chi connectivity index (χ1v) is 19.6. The second-order valence-electron chi connectivity index (χ2n) is 14.3. The van der Waals surface area contributed by atoms with Gasteiger partial charge in [0, 0.05) is 6.20 Å². The Bertz CT molecular complexity index is 3410. The quantitative estimate of drug-likeness (QED) is 0.165. The van der Waals surface area contributed by atoms with Gasteiger partial charge in [-0.1, -0.05) is 78.9 Å². The molecule has 5 nitrogen and oxygen atoms in total. The monoisotopic (exact) mass is 900 g/mol. The van der Waals surface area contributed by atoms with Crippen molar-refractivity contribution < 1.29 is 28.2 Å². The second kappa shape index (κ2) is 11.7. The molecule has 0 radical (unpaired) electrons. The van der Waals surface area contributed by atoms with Crippen molar-refractivity contribution in [3.05, 3.63) is 202 Å². The number of imidazole rings is 1. The molecule has 0 saturated heterocycles. The average Bonchev–Trinajstić information content (AvgIpc) is 3.94. The van der Waals surface area contributed by atoms with Gasteiger partial charge in [-0.25, -0.2) is 0 Å². The first-order chi connectivity index (χ1) is 28.8. The van der Waals surface area contributed by atoms with Crippen LogP contribution in [0.5, 0.6) is 11.5 Å². The first-order valence-electron chi connectivity index (χ1n) is 20.0. The fourth-order valence-electron chi connectivity index (χ4n) is 9.38. The van der Waals surface area contributed by atoms with E-state index in [2.05, 4.69) is 127 Å². The van der Waals surface area contributed by atoms with Gasteiger partial charge in [-0.15, -0.1) is 0 Å². The standard InChI is InChI=1S/C50H30N4O.Pt/c1-52-31-53(46-22-9-8-21-45(46)52)32-13-12-14-33(27-32)55-34-24-25-38-40-29-39-37-17-4-7-20-43(37)50(41-18-5-2-15-35(41)36-16-3-6-19-42(36)50)44(39)30-48(40)54(47(38)28-34)49-23-10-11-26-51-49;/h2-26,29-30H,1H3;/q-2;/i1D3;. The predicted molar refractivity (Wildman–Crippen MR) is 218 cm³/mol. The van der Waals surface area contributed by atoms with E-state index in [1.165, 1.54) is 49.1 Å². The summed E-state index contributed by atoms with van der Waals surface area (Å²) in [6.07, 6.45) is 1.82. The molecule has 2 aliphatic carbocycles. The Morgan fingerprint density at radius 2 is 1.23 bits per heavy atom. The minimum atomic E-state index is -2.36. The number of nitrogens with zero attached hydrogens (tertiary/aromatic N) is 4. The first kappa shape index (κ1) is 28.8. The normalized spacial score (nSPS) is 14.4. The fraction of sp³-hybridized carbons (Fsp3) is 0.0400. The molecule has 0 atom stereocenters. The van der Waals surface area contributed by atoms with Gasteiger partial charge in [0.2, 0.25) is 0 Å². The zero-order chi connectivity index (χ0) is 39.6. The second-order valence-corrected chi connectivity index (χ2v) is 15.3. The molecule has 3 heterocycles. The van der Waals surface area contributed by atoms with Crippen molar-refractivity contribution in [3.63, 3.8) is 0 Å². The molecule has 0 amide bonds. The Labute approximate surface area is 338 Å². The zero-order valence-corrected chi connectivity index (χ0v) is 31.9. The van der Waals surface area contributed by atoms with Gasteiger partial charge >= 0.3 is 198 Å². The molecule has 3 aromatic heterocycles. The molecule has 0 N–H and O–H groups in total. The van der Waals surface area contributed by atoms with Crippen molar-refractivity contribution in [1.29, 1.82) is 0 Å². The molecule has 2 aliphatic rings. The van der Waals surface area contributed by atoms with Crippen molar-refractivity contribution in [2.45, 2.75) is 5.41 Å². The summed E-state index contributed by atoms with van der Waals surface area (Å²) < 4.78 is 37.3. The maximum absolute atomic E-state index is 8.25. The van der Waals surface area contributed by atoms with E-state index in [1.54, 1.807) is 0 Å². The van der Waals surface area contributed by atoms with Gasteiger partial charge in [0.25, 0.3) is 0 Å². The van der Waals surface area contributed by atoms with Crippen LogP contribution in [0.4, 0.5) is 0 Å². The number of rotatable bonds is 4. The molecule has 10 aromatic rings. The number of benzene rings is 7. The molecule has 56 heavy (non-hydrogen) atoms. The van der Waals surface area contributed by atoms with Crippen LogP contribution in [0.15, 0.2) is 164 Å². The number of para-hydroxylation sites is 2. The van der Waals surface area contributed by atoms with Crippen LogP contribution in [0.25, 0.3) is 66.6 Å². The molecule has 12 rings (SSSR count). The van der Waals surface area contributed by atoms with Crippen molar-refractivity contribution >= 4 is 32.8 Å². The minimum absolute atomic E-state index is 0.476. The molecule has 6 heteroatoms. The summed E-state index contributed by atoms with van der Waals surface area (Å²) in [5, 5.41) is 2.13. The van der Waals surface area contributed by atoms with E-state index in [0.717, 1.165) is 33.1 Å². The Morgan fingerprint density at radius 3 is 1.95 bits per heavy atom. The van der Waals surface area contributed by atoms with Gasteiger partial charge in [-0.05, 0) is 50.6 Å². The molecule has 1 spiro atoms. The van der Waals surface area contributed by atoms with Crippen LogP contribution < -0.4 is 4.74 Å². The van der Waals surface area contributed by atoms with E-state index in [4.69, 9.17) is 13.8 Å². The molecule has 7 aromatic carbocycles. The van der Waals surface area contributed by atoms with Gasteiger partial charge in [0.15, 0.2) is 0 Å². The molecular weight excluding hydrogens is 868 g/mol. The Kier molecular flexibility index (Phi) is 6.04. The van der Waals surface area contributed by atoms with Gasteiger partial charge in [-0.2, -0.15) is 0 Å². The third-order valence-electron chi connectivity index (χ3n) is 11.6. The van der Waals surface area contributed by atoms with Crippen LogP contribution >= 0.6 is 0 Å². The molecular formula is C50H30N4OPt-2. The Morgan fingerprint density at radius 1 is 0.571 bits per heavy atom. The number of hydrogen-bond donors (Lipinski definition) is 0. The summed E-state index contributed by atoms with van der Waals surface area (Å²) in [7, 11) is 0. The summed E-state index contributed by atoms with van der Waals surface area (Å²) in [4.78, 5) is 4.88. The summed E-state index contributed by atoms with van der Waals surface area (Å²) in [6, 6.07) is 61.6. The van der Waals surface area contributed by atoms with E-state index >= 15 is 0 Å². The van der Waals surface area contributed by atoms with Gasteiger partial charge in [0.1, 0.15) is 0 Å². The van der Waals surface area contributed by atoms with Crippen LogP contribution in [0.2, 0.25) is 0 Å². The molecule has 0 saturated carbocycles. The fourth-order valence-corrected chi connectivity index (χ4v) is 10.2. The van der Waals surface area contributed by atoms with E-state index in [-0.39, 0.29) is 0 Å². The van der Waals surface area contributed by atoms with E-state index in [0.29, 0.717) is 26.5 Å². The number of fused-ring (bicyclic) bond motifs is 14. The van der Waals surface area contributed by atoms with Gasteiger partial charge in [-0.3, -0.25) is 0 Å². The molecule has 0 fully saturated rings. The van der Waals surface area contributed by atoms with Crippen LogP contribution in [0, 0.1) is 15.9 Å². The van der Waals surface area contributed by atoms with Crippen LogP contribution in [-0.2, 0) is 31.7 Å². The van der Waals surface area contributed by atoms with Crippen LogP contribution in [-0.4, -0.2) is 18.7 Å². The average molecular weight is 901 g/mol. The number of aromatic nitrogens is 4. The maximum atomic E-state index is 8.25. The molecule has 0 bridgehead atoms. The topological polar surface area (TPSA) is 36.9 Å². The van der Waals surface area contributed by atoms with Crippen molar-refractivity contribution in [2.24, 2.45) is 6.98 Å². The van der Waals surface area contributed by atoms with E-state index in [9.17, 15) is 0 Å². The Balaban J connectivity index is 1.05. The van der Waals surface area contributed by atoms with Gasteiger partial charge < -0.3 is 0 Å². The van der Waals surface area contributed by atoms with Crippen molar-refractivity contribution in [3.8, 4) is 45.3 Å². The number of pyridine rings is 1. The van der Waals surface area contributed by atoms with Crippen molar-refractivity contribution in [1.82, 2.24) is 18.7 Å². The van der Waals surface area contributed by atoms with Crippen molar-refractivity contribution in [2.75, 3.05) is 0 Å².